The Morgan fingerprint density at radius 1 is 1.15 bits per heavy atom. The fraction of sp³-hybridized carbons (Fsp3) is 0.621. The Balaban J connectivity index is 1.46. The number of alkyl carbamates (subject to hydrolysis) is 1. The summed E-state index contributed by atoms with van der Waals surface area (Å²) in [5.74, 6) is -2.70. The van der Waals surface area contributed by atoms with Crippen molar-refractivity contribution in [3.8, 4) is 0 Å². The molecule has 4 rings (SSSR count). The largest absolute Gasteiger partial charge is 0.444 e. The molecule has 5 N–H and O–H groups in total. The average molecular weight is 800 g/mol. The minimum absolute atomic E-state index is 0.00466. The van der Waals surface area contributed by atoms with E-state index in [1.54, 1.807) is 41.5 Å². The predicted molar refractivity (Wildman–Crippen MR) is 190 cm³/mol. The number of ether oxygens (including phenoxy) is 3. The molecule has 290 valence electrons. The number of oxime groups is 1. The molecule has 0 spiro atoms. The topological polar surface area (TPSA) is 278 Å². The second-order valence-electron chi connectivity index (χ2n) is 13.3. The number of nitrogens with zero attached hydrogens (tertiary/aromatic N) is 8. The van der Waals surface area contributed by atoms with Gasteiger partial charge in [-0.3, -0.25) is 19.3 Å². The summed E-state index contributed by atoms with van der Waals surface area (Å²) in [7, 11) is 0. The van der Waals surface area contributed by atoms with Crippen LogP contribution in [0.15, 0.2) is 21.6 Å². The maximum absolute atomic E-state index is 13.6. The molecule has 2 aromatic heterocycles. The number of hydrogen-bond acceptors (Lipinski definition) is 20. The van der Waals surface area contributed by atoms with Gasteiger partial charge in [0.15, 0.2) is 5.13 Å². The lowest BCUT2D eigenvalue weighted by Crippen LogP contribution is -2.71. The first-order valence-corrected chi connectivity index (χ1v) is 18.9. The highest BCUT2D eigenvalue weighted by Crippen LogP contribution is 2.42. The second-order valence-corrected chi connectivity index (χ2v) is 16.1. The molecule has 24 heteroatoms. The van der Waals surface area contributed by atoms with Gasteiger partial charge < -0.3 is 40.5 Å². The quantitative estimate of drug-likeness (QED) is 0.0337. The zero-order valence-corrected chi connectivity index (χ0v) is 32.3. The molecule has 4 heterocycles. The number of nitrogen functional groups attached to an aromatic ring is 1. The number of fused-ring (bicyclic) bond motifs is 1. The lowest BCUT2D eigenvalue weighted by molar-refractivity contribution is -0.173. The zero-order chi connectivity index (χ0) is 38.9. The summed E-state index contributed by atoms with van der Waals surface area (Å²) >= 11 is 3.29. The summed E-state index contributed by atoms with van der Waals surface area (Å²) in [5, 5.41) is 29.5. The number of carbonyl (C=O) groups excluding carboxylic acids is 5. The van der Waals surface area contributed by atoms with Crippen molar-refractivity contribution >= 4 is 75.7 Å². The number of hydrogen-bond donors (Lipinski definition) is 4. The SMILES string of the molecule is CC(C)(C)OC(=O)NCCCON=C(C(=O)NC1C(=O)N2C(C(=O)OCOC(=O)C(C)(C)C)=C(CSc3nnnn3CCO)CS[C@@H]12)c1nsc(N)n1. The zero-order valence-electron chi connectivity index (χ0n) is 29.8. The summed E-state index contributed by atoms with van der Waals surface area (Å²) in [6.07, 6.45) is -0.277. The van der Waals surface area contributed by atoms with Crippen LogP contribution in [-0.4, -0.2) is 130 Å². The number of tetrazole rings is 1. The van der Waals surface area contributed by atoms with E-state index in [9.17, 15) is 29.1 Å². The van der Waals surface area contributed by atoms with Crippen LogP contribution in [0.1, 0.15) is 53.8 Å². The third-order valence-corrected chi connectivity index (χ3v) is 9.74. The molecule has 0 saturated carbocycles. The van der Waals surface area contributed by atoms with Crippen molar-refractivity contribution in [1.29, 1.82) is 0 Å². The molecule has 2 aliphatic rings. The van der Waals surface area contributed by atoms with Crippen molar-refractivity contribution in [2.75, 3.05) is 43.8 Å². The van der Waals surface area contributed by atoms with Crippen molar-refractivity contribution < 1.29 is 48.1 Å². The highest BCUT2D eigenvalue weighted by atomic mass is 32.2. The summed E-state index contributed by atoms with van der Waals surface area (Å²) < 4.78 is 21.0. The van der Waals surface area contributed by atoms with Crippen LogP contribution in [0.25, 0.3) is 0 Å². The van der Waals surface area contributed by atoms with E-state index in [1.165, 1.54) is 33.1 Å². The molecular weight excluding hydrogens is 759 g/mol. The minimum atomic E-state index is -1.10. The molecule has 2 aromatic rings. The summed E-state index contributed by atoms with van der Waals surface area (Å²) in [6, 6.07) is -1.10. The number of aliphatic hydroxyl groups is 1. The fourth-order valence-corrected chi connectivity index (χ4v) is 7.19. The second kappa shape index (κ2) is 18.0. The van der Waals surface area contributed by atoms with Gasteiger partial charge in [-0.25, -0.2) is 14.3 Å². The number of carbonyl (C=O) groups is 5. The molecule has 0 bridgehead atoms. The highest BCUT2D eigenvalue weighted by molar-refractivity contribution is 8.01. The molecule has 0 aromatic carbocycles. The Kier molecular flexibility index (Phi) is 14.0. The molecule has 1 fully saturated rings. The lowest BCUT2D eigenvalue weighted by Gasteiger charge is -2.49. The number of amides is 3. The van der Waals surface area contributed by atoms with Gasteiger partial charge in [-0.05, 0) is 57.5 Å². The van der Waals surface area contributed by atoms with Gasteiger partial charge in [-0.15, -0.1) is 16.9 Å². The van der Waals surface area contributed by atoms with Crippen LogP contribution in [0.4, 0.5) is 9.93 Å². The van der Waals surface area contributed by atoms with Crippen LogP contribution in [0.2, 0.25) is 0 Å². The molecule has 2 atom stereocenters. The minimum Gasteiger partial charge on any atom is -0.444 e. The number of rotatable bonds is 16. The van der Waals surface area contributed by atoms with Crippen LogP contribution in [0, 0.1) is 5.41 Å². The van der Waals surface area contributed by atoms with Crippen LogP contribution in [0.5, 0.6) is 0 Å². The van der Waals surface area contributed by atoms with Gasteiger partial charge in [0.1, 0.15) is 29.3 Å². The average Bonchev–Trinajstić information content (AvgIpc) is 3.72. The van der Waals surface area contributed by atoms with Gasteiger partial charge in [0.25, 0.3) is 11.8 Å². The molecule has 2 aliphatic heterocycles. The van der Waals surface area contributed by atoms with Gasteiger partial charge in [0.2, 0.25) is 23.5 Å². The van der Waals surface area contributed by atoms with E-state index in [0.717, 1.165) is 11.5 Å². The van der Waals surface area contributed by atoms with E-state index < -0.39 is 59.1 Å². The molecule has 0 aliphatic carbocycles. The highest BCUT2D eigenvalue weighted by Gasteiger charge is 2.55. The fourth-order valence-electron chi connectivity index (χ4n) is 4.37. The van der Waals surface area contributed by atoms with Gasteiger partial charge in [-0.2, -0.15) is 9.36 Å². The van der Waals surface area contributed by atoms with E-state index in [-0.39, 0.29) is 60.2 Å². The lowest BCUT2D eigenvalue weighted by atomic mass is 9.98. The summed E-state index contributed by atoms with van der Waals surface area (Å²) in [4.78, 5) is 75.3. The van der Waals surface area contributed by atoms with Crippen LogP contribution in [-0.2, 0) is 44.8 Å². The van der Waals surface area contributed by atoms with E-state index >= 15 is 0 Å². The molecule has 21 nitrogen and oxygen atoms in total. The number of aromatic nitrogens is 6. The van der Waals surface area contributed by atoms with Gasteiger partial charge in [0, 0.05) is 36.0 Å². The number of anilines is 1. The summed E-state index contributed by atoms with van der Waals surface area (Å²) in [5.41, 5.74) is 4.32. The van der Waals surface area contributed by atoms with Gasteiger partial charge >= 0.3 is 18.0 Å². The number of nitrogens with one attached hydrogen (secondary N) is 2. The van der Waals surface area contributed by atoms with Gasteiger partial charge in [0.05, 0.1) is 18.6 Å². The van der Waals surface area contributed by atoms with Gasteiger partial charge in [-0.1, -0.05) is 16.9 Å². The Bertz CT molecular complexity index is 1730. The number of aliphatic hydroxyl groups excluding tert-OH is 1. The molecule has 3 amide bonds. The Morgan fingerprint density at radius 2 is 1.91 bits per heavy atom. The van der Waals surface area contributed by atoms with E-state index in [2.05, 4.69) is 40.7 Å². The predicted octanol–water partition coefficient (Wildman–Crippen LogP) is 0.271. The smallest absolute Gasteiger partial charge is 0.407 e. The standard InChI is InChI=1S/C29H41N11O10S3/c1-28(2,3)24(45)48-14-47-23(44)18-15(13-52-26-34-37-38-39(26)9-10-41)12-51-22-17(21(43)40(18)22)32-20(42)16(19-33-25(30)53-36-19)35-49-11-7-8-31-27(46)50-29(4,5)6/h17,22,41H,7-14H2,1-6H3,(H,31,46)(H,32,42)(H2,30,33,36)/t17?,22-/m0/s1. The van der Waals surface area contributed by atoms with Crippen molar-refractivity contribution in [3.05, 3.63) is 17.1 Å². The molecule has 1 saturated heterocycles. The van der Waals surface area contributed by atoms with Crippen molar-refractivity contribution in [3.63, 3.8) is 0 Å². The maximum Gasteiger partial charge on any atom is 0.407 e. The third-order valence-electron chi connectivity index (χ3n) is 6.81. The van der Waals surface area contributed by atoms with E-state index in [4.69, 9.17) is 24.8 Å². The van der Waals surface area contributed by atoms with Crippen molar-refractivity contribution in [1.82, 2.24) is 45.1 Å². The molecular formula is C29H41N11O10S3. The maximum atomic E-state index is 13.6. The Hall–Kier alpha value is -4.55. The summed E-state index contributed by atoms with van der Waals surface area (Å²) in [6.45, 7) is 9.61. The Labute approximate surface area is 316 Å². The first-order chi connectivity index (χ1) is 25.0. The molecule has 1 unspecified atom stereocenters. The van der Waals surface area contributed by atoms with Crippen LogP contribution >= 0.6 is 35.1 Å². The van der Waals surface area contributed by atoms with Crippen molar-refractivity contribution in [2.45, 2.75) is 76.7 Å². The number of nitrogens with two attached hydrogens (primary N) is 1. The first-order valence-electron chi connectivity index (χ1n) is 16.1. The third kappa shape index (κ3) is 11.2. The molecule has 0 radical (unpaired) electrons. The monoisotopic (exact) mass is 799 g/mol. The number of thioether (sulfide) groups is 2. The first kappa shape index (κ1) is 41.2. The van der Waals surface area contributed by atoms with E-state index in [1.807, 2.05) is 0 Å². The number of esters is 2. The molecule has 53 heavy (non-hydrogen) atoms. The van der Waals surface area contributed by atoms with Crippen molar-refractivity contribution in [2.24, 2.45) is 10.6 Å². The normalized spacial score (nSPS) is 17.5. The number of β-lactam (4-membered cyclic amide) rings is 1. The van der Waals surface area contributed by atoms with Crippen LogP contribution in [0.3, 0.4) is 0 Å². The van der Waals surface area contributed by atoms with Crippen LogP contribution < -0.4 is 16.4 Å². The Morgan fingerprint density at radius 3 is 2.57 bits per heavy atom. The van der Waals surface area contributed by atoms with E-state index in [0.29, 0.717) is 17.2 Å².